The zero-order chi connectivity index (χ0) is 0. The predicted octanol–water partition coefficient (Wildman–Crippen LogP) is -6.38. The molecule has 0 saturated carbocycles. The van der Waals surface area contributed by atoms with Gasteiger partial charge in [-0.1, -0.05) is 0 Å². The van der Waals surface area contributed by atoms with E-state index in [1.165, 1.54) is 0 Å². The molecule has 0 nitrogen and oxygen atoms in total. The zero-order valence-electron chi connectivity index (χ0n) is 1.63. The van der Waals surface area contributed by atoms with E-state index in [-0.39, 0.29) is 59.2 Å². The van der Waals surface area contributed by atoms with Crippen LogP contribution in [-0.4, -0.2) is 17.4 Å². The second-order valence-corrected chi connectivity index (χ2v) is 0. The Morgan fingerprint density at radius 2 is 0.750 bits per heavy atom. The third-order valence-corrected chi connectivity index (χ3v) is 0. The average molecular weight is 161 g/mol. The van der Waals surface area contributed by atoms with Gasteiger partial charge >= 0.3 is 17.1 Å². The van der Waals surface area contributed by atoms with Crippen LogP contribution < -0.4 is 24.8 Å². The van der Waals surface area contributed by atoms with Crippen molar-refractivity contribution in [2.75, 3.05) is 0 Å². The van der Waals surface area contributed by atoms with Gasteiger partial charge in [0.15, 0.2) is 0 Å². The molecule has 4 heavy (non-hydrogen) atoms. The second kappa shape index (κ2) is 22.9. The van der Waals surface area contributed by atoms with Gasteiger partial charge in [-0.25, -0.2) is 0 Å². The maximum atomic E-state index is 0. The molecule has 0 aliphatic rings. The summed E-state index contributed by atoms with van der Waals surface area (Å²) in [7, 11) is 0. The summed E-state index contributed by atoms with van der Waals surface area (Å²) in [4.78, 5) is 0. The van der Waals surface area contributed by atoms with Crippen LogP contribution in [0.3, 0.4) is 0 Å². The first-order chi connectivity index (χ1) is 0. The largest absolute Gasteiger partial charge is 2.00 e. The van der Waals surface area contributed by atoms with Crippen LogP contribution in [0, 0.1) is 0 Å². The van der Waals surface area contributed by atoms with Crippen molar-refractivity contribution in [3.63, 3.8) is 0 Å². The Morgan fingerprint density at radius 1 is 0.750 bits per heavy atom. The average Bonchev–Trinajstić information content (AvgIpc) is 0. The maximum Gasteiger partial charge on any atom is 2.00 e. The van der Waals surface area contributed by atoms with Gasteiger partial charge in [-0.05, 0) is 0 Å². The van der Waals surface area contributed by atoms with Crippen LogP contribution in [0.25, 0.3) is 0 Å². The predicted molar refractivity (Wildman–Crippen MR) is 5.75 cm³/mol. The van der Waals surface area contributed by atoms with Gasteiger partial charge in [-0.15, -0.1) is 0 Å². The van der Waals surface area contributed by atoms with Crippen molar-refractivity contribution in [1.29, 1.82) is 0 Å². The van der Waals surface area contributed by atoms with E-state index in [1.807, 2.05) is 0 Å². The molecule has 0 aromatic carbocycles. The molecule has 0 aromatic heterocycles. The van der Waals surface area contributed by atoms with Crippen LogP contribution in [0.2, 0.25) is 0 Å². The normalized spacial score (nSPS) is 0. The Labute approximate surface area is 59.1 Å². The van der Waals surface area contributed by atoms with E-state index in [2.05, 4.69) is 0 Å². The van der Waals surface area contributed by atoms with Gasteiger partial charge in [-0.3, -0.25) is 0 Å². The van der Waals surface area contributed by atoms with E-state index < -0.39 is 0 Å². The number of hydrogen-bond acceptors (Lipinski definition) is 0. The SMILES string of the molecule is [Al].[Cl-].[Cl-].[Cu+2]. The molecule has 4 radical (unpaired) electrons. The van der Waals surface area contributed by atoms with Gasteiger partial charge in [0, 0.05) is 17.4 Å². The van der Waals surface area contributed by atoms with Crippen LogP contribution in [0.1, 0.15) is 0 Å². The molecule has 0 bridgehead atoms. The van der Waals surface area contributed by atoms with Crippen molar-refractivity contribution in [1.82, 2.24) is 0 Å². The van der Waals surface area contributed by atoms with Crippen molar-refractivity contribution < 1.29 is 41.9 Å². The molecule has 0 unspecified atom stereocenters. The van der Waals surface area contributed by atoms with E-state index in [4.69, 9.17) is 0 Å². The molecule has 0 amide bonds. The molecule has 28 valence electrons. The topological polar surface area (TPSA) is 0 Å². The summed E-state index contributed by atoms with van der Waals surface area (Å²) in [6.07, 6.45) is 0. The Hall–Kier alpha value is 1.63. The van der Waals surface area contributed by atoms with Gasteiger partial charge in [0.1, 0.15) is 0 Å². The smallest absolute Gasteiger partial charge is 1.00 e. The molecule has 0 heterocycles. The standard InChI is InChI=1S/Al.2ClH.Cu/h;2*1H;/q;;;+2/p-2. The molecule has 0 aliphatic heterocycles. The fourth-order valence-electron chi connectivity index (χ4n) is 0. The molecular formula is AlCl2Cu. The van der Waals surface area contributed by atoms with E-state index in [9.17, 15) is 0 Å². The Morgan fingerprint density at radius 3 is 0.750 bits per heavy atom. The number of hydrogen-bond donors (Lipinski definition) is 0. The molecule has 0 atom stereocenters. The summed E-state index contributed by atoms with van der Waals surface area (Å²) < 4.78 is 0. The van der Waals surface area contributed by atoms with Crippen LogP contribution in [0.5, 0.6) is 0 Å². The van der Waals surface area contributed by atoms with Gasteiger partial charge in [0.05, 0.1) is 0 Å². The van der Waals surface area contributed by atoms with Crippen molar-refractivity contribution in [3.8, 4) is 0 Å². The minimum Gasteiger partial charge on any atom is -1.00 e. The minimum atomic E-state index is 0. The Bertz CT molecular complexity index is 6.00. The van der Waals surface area contributed by atoms with Crippen molar-refractivity contribution >= 4 is 17.4 Å². The van der Waals surface area contributed by atoms with E-state index in [1.54, 1.807) is 0 Å². The van der Waals surface area contributed by atoms with Crippen molar-refractivity contribution in [3.05, 3.63) is 0 Å². The molecular weight excluding hydrogens is 161 g/mol. The number of halogens is 2. The summed E-state index contributed by atoms with van der Waals surface area (Å²) in [5.74, 6) is 0. The second-order valence-electron chi connectivity index (χ2n) is 0. The molecule has 0 aliphatic carbocycles. The van der Waals surface area contributed by atoms with Gasteiger partial charge in [-0.2, -0.15) is 0 Å². The Kier molecular flexibility index (Phi) is 260. The van der Waals surface area contributed by atoms with Crippen LogP contribution in [0.15, 0.2) is 0 Å². The van der Waals surface area contributed by atoms with E-state index in [0.29, 0.717) is 0 Å². The molecule has 0 saturated heterocycles. The van der Waals surface area contributed by atoms with Crippen LogP contribution >= 0.6 is 0 Å². The van der Waals surface area contributed by atoms with Crippen LogP contribution in [0.4, 0.5) is 0 Å². The number of rotatable bonds is 0. The van der Waals surface area contributed by atoms with Gasteiger partial charge in [0.2, 0.25) is 0 Å². The molecule has 0 rings (SSSR count). The first kappa shape index (κ1) is 45.4. The summed E-state index contributed by atoms with van der Waals surface area (Å²) in [6.45, 7) is 0. The minimum absolute atomic E-state index is 0. The van der Waals surface area contributed by atoms with E-state index in [0.717, 1.165) is 0 Å². The van der Waals surface area contributed by atoms with E-state index >= 15 is 0 Å². The third kappa shape index (κ3) is 9.45. The maximum absolute atomic E-state index is 0. The first-order valence-electron chi connectivity index (χ1n) is 0. The monoisotopic (exact) mass is 160 g/mol. The summed E-state index contributed by atoms with van der Waals surface area (Å²) >= 11 is 0. The summed E-state index contributed by atoms with van der Waals surface area (Å²) in [5, 5.41) is 0. The molecule has 4 heteroatoms. The summed E-state index contributed by atoms with van der Waals surface area (Å²) in [6, 6.07) is 0. The molecule has 0 aromatic rings. The van der Waals surface area contributed by atoms with Gasteiger partial charge < -0.3 is 24.8 Å². The fraction of sp³-hybridized carbons (Fsp3) is 0. The third-order valence-electron chi connectivity index (χ3n) is 0. The zero-order valence-corrected chi connectivity index (χ0v) is 5.24. The molecule has 0 fully saturated rings. The Balaban J connectivity index is 0. The van der Waals surface area contributed by atoms with Gasteiger partial charge in [0.25, 0.3) is 0 Å². The van der Waals surface area contributed by atoms with Crippen molar-refractivity contribution in [2.24, 2.45) is 0 Å². The quantitative estimate of drug-likeness (QED) is 0.310. The van der Waals surface area contributed by atoms with Crippen molar-refractivity contribution in [2.45, 2.75) is 0 Å². The van der Waals surface area contributed by atoms with Crippen LogP contribution in [-0.2, 0) is 17.1 Å². The fourth-order valence-corrected chi connectivity index (χ4v) is 0. The summed E-state index contributed by atoms with van der Waals surface area (Å²) in [5.41, 5.74) is 0. The first-order valence-corrected chi connectivity index (χ1v) is 0. The molecule has 0 N–H and O–H groups in total. The molecule has 0 spiro atoms.